The van der Waals surface area contributed by atoms with Crippen LogP contribution in [-0.2, 0) is 10.2 Å². The highest BCUT2D eigenvalue weighted by atomic mass is 32.2. The molecule has 3 aromatic heterocycles. The van der Waals surface area contributed by atoms with Gasteiger partial charge in [0.25, 0.3) is 10.2 Å². The lowest BCUT2D eigenvalue weighted by Gasteiger charge is -2.52. The molecule has 0 aromatic carbocycles. The van der Waals surface area contributed by atoms with Crippen LogP contribution in [0.3, 0.4) is 0 Å². The number of aromatic amines is 1. The van der Waals surface area contributed by atoms with Crippen molar-refractivity contribution < 1.29 is 8.42 Å². The van der Waals surface area contributed by atoms with Crippen molar-refractivity contribution in [1.29, 1.82) is 5.26 Å². The number of piperidine rings is 2. The van der Waals surface area contributed by atoms with Gasteiger partial charge >= 0.3 is 0 Å². The van der Waals surface area contributed by atoms with Crippen molar-refractivity contribution in [3.05, 3.63) is 30.2 Å². The number of nitrogens with zero attached hydrogens (tertiary/aromatic N) is 8. The summed E-state index contributed by atoms with van der Waals surface area (Å²) in [5, 5.41) is 19.5. The number of aryl methyl sites for hydroxylation is 1. The van der Waals surface area contributed by atoms with Crippen molar-refractivity contribution in [2.75, 3.05) is 30.4 Å². The Balaban J connectivity index is 1.28. The normalized spacial score (nSPS) is 24.9. The van der Waals surface area contributed by atoms with Crippen LogP contribution in [0, 0.1) is 24.2 Å². The topological polar surface area (TPSA) is 147 Å². The van der Waals surface area contributed by atoms with E-state index in [1.54, 1.807) is 16.7 Å². The SMILES string of the molecule is Cc1cc(Nc2cc3nccnc3c(N(C)[C@@H]3C[C@H]4CCC[C@@H](C3)N4S(=O)(=O)N3CC(C#N)C3)n2)n[nH]1. The minimum Gasteiger partial charge on any atom is -0.355 e. The highest BCUT2D eigenvalue weighted by molar-refractivity contribution is 7.86. The zero-order valence-electron chi connectivity index (χ0n) is 20.9. The van der Waals surface area contributed by atoms with E-state index in [1.807, 2.05) is 26.1 Å². The molecular formula is C24H30N10O2S. The van der Waals surface area contributed by atoms with Crippen molar-refractivity contribution >= 4 is 38.7 Å². The van der Waals surface area contributed by atoms with Gasteiger partial charge < -0.3 is 10.2 Å². The van der Waals surface area contributed by atoms with Crippen LogP contribution in [0.1, 0.15) is 37.8 Å². The predicted molar refractivity (Wildman–Crippen MR) is 138 cm³/mol. The van der Waals surface area contributed by atoms with Gasteiger partial charge in [-0.25, -0.2) is 9.97 Å². The highest BCUT2D eigenvalue weighted by Crippen LogP contribution is 2.41. The summed E-state index contributed by atoms with van der Waals surface area (Å²) < 4.78 is 30.1. The average molecular weight is 523 g/mol. The Morgan fingerprint density at radius 3 is 2.54 bits per heavy atom. The van der Waals surface area contributed by atoms with Crippen LogP contribution in [0.5, 0.6) is 0 Å². The second-order valence-corrected chi connectivity index (χ2v) is 12.1. The Hall–Kier alpha value is -3.34. The molecule has 2 bridgehead atoms. The van der Waals surface area contributed by atoms with Gasteiger partial charge in [0.15, 0.2) is 11.6 Å². The molecule has 0 radical (unpaired) electrons. The van der Waals surface area contributed by atoms with Crippen LogP contribution in [0.15, 0.2) is 24.5 Å². The van der Waals surface area contributed by atoms with E-state index in [2.05, 4.69) is 36.5 Å². The van der Waals surface area contributed by atoms with E-state index in [-0.39, 0.29) is 24.0 Å². The van der Waals surface area contributed by atoms with E-state index < -0.39 is 10.2 Å². The number of H-pyrrole nitrogens is 1. The largest absolute Gasteiger partial charge is 0.355 e. The van der Waals surface area contributed by atoms with E-state index in [0.717, 1.165) is 30.5 Å². The summed E-state index contributed by atoms with van der Waals surface area (Å²) >= 11 is 0. The highest BCUT2D eigenvalue weighted by Gasteiger charge is 2.50. The first-order valence-corrected chi connectivity index (χ1v) is 14.0. The van der Waals surface area contributed by atoms with Crippen molar-refractivity contribution in [3.63, 3.8) is 0 Å². The lowest BCUT2D eigenvalue weighted by atomic mass is 9.83. The number of anilines is 3. The van der Waals surface area contributed by atoms with E-state index in [0.29, 0.717) is 48.9 Å². The molecule has 3 aromatic rings. The molecule has 3 aliphatic heterocycles. The number of nitriles is 1. The first-order chi connectivity index (χ1) is 17.8. The first kappa shape index (κ1) is 24.0. The standard InChI is InChI=1S/C24H30N10O2S/c1-15-8-22(31-30-15)28-21-11-20-23(27-7-6-26-20)24(29-21)32(2)19-9-17-4-3-5-18(10-19)34(17)37(35,36)33-13-16(12-25)14-33/h6-8,11,16-19H,3-5,9-10,13-14H2,1-2H3,(H2,28,29,30,31)/t17-,18+,19-. The van der Waals surface area contributed by atoms with Gasteiger partial charge in [0.05, 0.1) is 17.5 Å². The van der Waals surface area contributed by atoms with Crippen LogP contribution < -0.4 is 10.2 Å². The number of hydrogen-bond acceptors (Lipinski definition) is 9. The molecule has 6 rings (SSSR count). The molecule has 37 heavy (non-hydrogen) atoms. The monoisotopic (exact) mass is 522 g/mol. The fourth-order valence-corrected chi connectivity index (χ4v) is 8.04. The molecule has 2 N–H and O–H groups in total. The summed E-state index contributed by atoms with van der Waals surface area (Å²) in [5.74, 6) is 1.79. The van der Waals surface area contributed by atoms with Crippen LogP contribution in [0.2, 0.25) is 0 Å². The number of fused-ring (bicyclic) bond motifs is 3. The summed E-state index contributed by atoms with van der Waals surface area (Å²) in [6, 6.07) is 5.89. The number of hydrogen-bond donors (Lipinski definition) is 2. The van der Waals surface area contributed by atoms with Gasteiger partial charge in [-0.05, 0) is 32.6 Å². The Bertz CT molecular complexity index is 1450. The van der Waals surface area contributed by atoms with Crippen LogP contribution in [0.25, 0.3) is 11.0 Å². The quantitative estimate of drug-likeness (QED) is 0.498. The second-order valence-electron chi connectivity index (χ2n) is 10.3. The molecule has 3 atom stereocenters. The van der Waals surface area contributed by atoms with Crippen LogP contribution >= 0.6 is 0 Å². The molecule has 0 unspecified atom stereocenters. The van der Waals surface area contributed by atoms with Crippen molar-refractivity contribution in [2.45, 2.75) is 57.2 Å². The molecule has 194 valence electrons. The van der Waals surface area contributed by atoms with Gasteiger partial charge in [-0.1, -0.05) is 6.42 Å². The molecule has 0 aliphatic carbocycles. The Labute approximate surface area is 215 Å². The van der Waals surface area contributed by atoms with Crippen LogP contribution in [0.4, 0.5) is 17.5 Å². The molecule has 0 spiro atoms. The molecule has 0 saturated carbocycles. The molecule has 3 saturated heterocycles. The van der Waals surface area contributed by atoms with Gasteiger partial charge in [-0.15, -0.1) is 0 Å². The third kappa shape index (κ3) is 4.28. The number of aromatic nitrogens is 5. The maximum atomic E-state index is 13.5. The van der Waals surface area contributed by atoms with Gasteiger partial charge in [-0.3, -0.25) is 10.1 Å². The third-order valence-electron chi connectivity index (χ3n) is 7.79. The minimum absolute atomic E-state index is 0.0724. The van der Waals surface area contributed by atoms with Crippen molar-refractivity contribution in [1.82, 2.24) is 33.8 Å². The van der Waals surface area contributed by atoms with Crippen LogP contribution in [-0.4, -0.2) is 80.4 Å². The molecule has 12 nitrogen and oxygen atoms in total. The Morgan fingerprint density at radius 2 is 1.86 bits per heavy atom. The maximum absolute atomic E-state index is 13.5. The molecule has 13 heteroatoms. The smallest absolute Gasteiger partial charge is 0.282 e. The summed E-state index contributed by atoms with van der Waals surface area (Å²) in [5.41, 5.74) is 2.37. The van der Waals surface area contributed by atoms with Gasteiger partial charge in [0, 0.05) is 68.5 Å². The average Bonchev–Trinajstić information content (AvgIpc) is 3.25. The molecule has 6 heterocycles. The number of pyridine rings is 1. The zero-order chi connectivity index (χ0) is 25.7. The summed E-state index contributed by atoms with van der Waals surface area (Å²) in [7, 11) is -1.57. The molecular weight excluding hydrogens is 492 g/mol. The fourth-order valence-electron chi connectivity index (χ4n) is 5.90. The lowest BCUT2D eigenvalue weighted by molar-refractivity contribution is 0.0932. The Kier molecular flexibility index (Phi) is 5.97. The fraction of sp³-hybridized carbons (Fsp3) is 0.542. The van der Waals surface area contributed by atoms with E-state index in [9.17, 15) is 8.42 Å². The summed E-state index contributed by atoms with van der Waals surface area (Å²) in [4.78, 5) is 16.1. The molecule has 0 amide bonds. The van der Waals surface area contributed by atoms with Crippen molar-refractivity contribution in [3.8, 4) is 6.07 Å². The first-order valence-electron chi connectivity index (χ1n) is 12.7. The maximum Gasteiger partial charge on any atom is 0.282 e. The number of nitrogens with one attached hydrogen (secondary N) is 2. The van der Waals surface area contributed by atoms with Crippen molar-refractivity contribution in [2.24, 2.45) is 5.92 Å². The van der Waals surface area contributed by atoms with Gasteiger partial charge in [-0.2, -0.15) is 27.4 Å². The summed E-state index contributed by atoms with van der Waals surface area (Å²) in [6.45, 7) is 2.52. The van der Waals surface area contributed by atoms with Gasteiger partial charge in [0.1, 0.15) is 11.3 Å². The zero-order valence-corrected chi connectivity index (χ0v) is 21.7. The summed E-state index contributed by atoms with van der Waals surface area (Å²) in [6.07, 6.45) is 7.44. The molecule has 3 aliphatic rings. The minimum atomic E-state index is -3.58. The van der Waals surface area contributed by atoms with Gasteiger partial charge in [0.2, 0.25) is 0 Å². The Morgan fingerprint density at radius 1 is 1.14 bits per heavy atom. The molecule has 3 fully saturated rings. The number of rotatable bonds is 6. The third-order valence-corrected chi connectivity index (χ3v) is 9.87. The lowest BCUT2D eigenvalue weighted by Crippen LogP contribution is -2.64. The predicted octanol–water partition coefficient (Wildman–Crippen LogP) is 2.32. The van der Waals surface area contributed by atoms with E-state index in [1.165, 1.54) is 4.31 Å². The second kappa shape index (κ2) is 9.20. The van der Waals surface area contributed by atoms with E-state index in [4.69, 9.17) is 10.2 Å². The van der Waals surface area contributed by atoms with E-state index >= 15 is 0 Å².